The van der Waals surface area contributed by atoms with Crippen LogP contribution in [0.4, 0.5) is 13.2 Å². The number of benzene rings is 2. The molecule has 0 unspecified atom stereocenters. The van der Waals surface area contributed by atoms with E-state index in [-0.39, 0.29) is 5.91 Å². The molecule has 2 aromatic carbocycles. The van der Waals surface area contributed by atoms with Crippen LogP contribution in [0.25, 0.3) is 0 Å². The Labute approximate surface area is 162 Å². The third-order valence-electron chi connectivity index (χ3n) is 4.00. The van der Waals surface area contributed by atoms with Crippen LogP contribution in [0.2, 0.25) is 0 Å². The Kier molecular flexibility index (Phi) is 7.43. The lowest BCUT2D eigenvalue weighted by Gasteiger charge is -2.22. The molecule has 150 valence electrons. The van der Waals surface area contributed by atoms with Gasteiger partial charge < -0.3 is 15.5 Å². The van der Waals surface area contributed by atoms with Crippen molar-refractivity contribution in [2.75, 3.05) is 27.2 Å². The van der Waals surface area contributed by atoms with Gasteiger partial charge in [0.1, 0.15) is 0 Å². The Bertz CT molecular complexity index is 789. The Morgan fingerprint density at radius 2 is 1.61 bits per heavy atom. The average Bonchev–Trinajstić information content (AvgIpc) is 2.68. The zero-order chi connectivity index (χ0) is 20.6. The van der Waals surface area contributed by atoms with Gasteiger partial charge in [0.15, 0.2) is 5.96 Å². The van der Waals surface area contributed by atoms with Crippen LogP contribution in [0.3, 0.4) is 0 Å². The van der Waals surface area contributed by atoms with Crippen LogP contribution >= 0.6 is 0 Å². The molecule has 5 nitrogen and oxygen atoms in total. The van der Waals surface area contributed by atoms with Crippen LogP contribution in [0.15, 0.2) is 59.6 Å². The molecule has 0 radical (unpaired) electrons. The molecule has 1 amide bonds. The zero-order valence-corrected chi connectivity index (χ0v) is 15.8. The number of hydrogen-bond acceptors (Lipinski definition) is 2. The molecular weight excluding hydrogens is 369 g/mol. The van der Waals surface area contributed by atoms with Crippen molar-refractivity contribution < 1.29 is 18.0 Å². The number of guanidine groups is 1. The maximum absolute atomic E-state index is 12.6. The van der Waals surface area contributed by atoms with E-state index >= 15 is 0 Å². The van der Waals surface area contributed by atoms with Crippen LogP contribution in [0.5, 0.6) is 0 Å². The van der Waals surface area contributed by atoms with Crippen LogP contribution in [0, 0.1) is 0 Å². The fourth-order valence-corrected chi connectivity index (χ4v) is 2.57. The zero-order valence-electron chi connectivity index (χ0n) is 15.8. The first-order chi connectivity index (χ1) is 13.3. The number of amides is 1. The summed E-state index contributed by atoms with van der Waals surface area (Å²) in [5.74, 6) is 0.421. The Hall–Kier alpha value is -3.03. The minimum Gasteiger partial charge on any atom is -0.354 e. The second-order valence-corrected chi connectivity index (χ2v) is 6.15. The summed E-state index contributed by atoms with van der Waals surface area (Å²) >= 11 is 0. The van der Waals surface area contributed by atoms with Gasteiger partial charge in [-0.2, -0.15) is 13.2 Å². The van der Waals surface area contributed by atoms with E-state index in [1.807, 2.05) is 6.07 Å². The van der Waals surface area contributed by atoms with E-state index in [0.717, 1.165) is 17.7 Å². The van der Waals surface area contributed by atoms with E-state index in [9.17, 15) is 18.0 Å². The number of carbonyl (C=O) groups is 1. The maximum atomic E-state index is 12.6. The SMILES string of the molecule is CN=C(NCCNC(=O)c1ccccc1)N(C)Cc1ccc(C(F)(F)F)cc1. The van der Waals surface area contributed by atoms with Gasteiger partial charge in [0.2, 0.25) is 0 Å². The summed E-state index contributed by atoms with van der Waals surface area (Å²) in [6.07, 6.45) is -4.34. The van der Waals surface area contributed by atoms with Gasteiger partial charge in [-0.1, -0.05) is 30.3 Å². The molecule has 2 N–H and O–H groups in total. The molecule has 0 saturated heterocycles. The molecular formula is C20H23F3N4O. The Morgan fingerprint density at radius 3 is 2.18 bits per heavy atom. The van der Waals surface area contributed by atoms with Crippen molar-refractivity contribution in [1.82, 2.24) is 15.5 Å². The fraction of sp³-hybridized carbons (Fsp3) is 0.300. The van der Waals surface area contributed by atoms with Gasteiger partial charge in [0, 0.05) is 39.3 Å². The van der Waals surface area contributed by atoms with Crippen molar-refractivity contribution in [3.05, 3.63) is 71.3 Å². The molecule has 28 heavy (non-hydrogen) atoms. The van der Waals surface area contributed by atoms with E-state index in [1.54, 1.807) is 43.3 Å². The van der Waals surface area contributed by atoms with E-state index in [1.165, 1.54) is 12.1 Å². The van der Waals surface area contributed by atoms with Gasteiger partial charge in [0.25, 0.3) is 5.91 Å². The minimum atomic E-state index is -4.34. The lowest BCUT2D eigenvalue weighted by molar-refractivity contribution is -0.137. The Morgan fingerprint density at radius 1 is 1.00 bits per heavy atom. The topological polar surface area (TPSA) is 56.7 Å². The fourth-order valence-electron chi connectivity index (χ4n) is 2.57. The van der Waals surface area contributed by atoms with Gasteiger partial charge in [-0.15, -0.1) is 0 Å². The second-order valence-electron chi connectivity index (χ2n) is 6.15. The number of nitrogens with zero attached hydrogens (tertiary/aromatic N) is 2. The number of halogens is 3. The highest BCUT2D eigenvalue weighted by atomic mass is 19.4. The molecule has 0 aromatic heterocycles. The summed E-state index contributed by atoms with van der Waals surface area (Å²) in [7, 11) is 3.41. The third-order valence-corrected chi connectivity index (χ3v) is 4.00. The van der Waals surface area contributed by atoms with E-state index in [0.29, 0.717) is 31.2 Å². The number of aliphatic imine (C=N–C) groups is 1. The molecule has 2 aromatic rings. The standard InChI is InChI=1S/C20H23F3N4O/c1-24-19(26-13-12-25-18(28)16-6-4-3-5-7-16)27(2)14-15-8-10-17(11-9-15)20(21,22)23/h3-11H,12-14H2,1-2H3,(H,24,26)(H,25,28). The summed E-state index contributed by atoms with van der Waals surface area (Å²) in [5, 5.41) is 5.92. The molecule has 0 aliphatic carbocycles. The summed E-state index contributed by atoms with van der Waals surface area (Å²) < 4.78 is 37.9. The highest BCUT2D eigenvalue weighted by Crippen LogP contribution is 2.29. The second kappa shape index (κ2) is 9.77. The molecule has 0 aliphatic rings. The van der Waals surface area contributed by atoms with Crippen molar-refractivity contribution in [3.63, 3.8) is 0 Å². The number of carbonyl (C=O) groups excluding carboxylic acids is 1. The van der Waals surface area contributed by atoms with Crippen molar-refractivity contribution in [1.29, 1.82) is 0 Å². The minimum absolute atomic E-state index is 0.157. The van der Waals surface area contributed by atoms with Gasteiger partial charge in [0.05, 0.1) is 5.56 Å². The van der Waals surface area contributed by atoms with Gasteiger partial charge in [-0.3, -0.25) is 9.79 Å². The molecule has 0 fully saturated rings. The van der Waals surface area contributed by atoms with Crippen molar-refractivity contribution in [3.8, 4) is 0 Å². The molecule has 0 saturated carbocycles. The molecule has 8 heteroatoms. The summed E-state index contributed by atoms with van der Waals surface area (Å²) in [6, 6.07) is 13.9. The van der Waals surface area contributed by atoms with Gasteiger partial charge in [-0.25, -0.2) is 0 Å². The molecule has 0 aliphatic heterocycles. The summed E-state index contributed by atoms with van der Waals surface area (Å²) in [6.45, 7) is 1.26. The number of rotatable bonds is 6. The first kappa shape index (κ1) is 21.3. The normalized spacial score (nSPS) is 11.8. The highest BCUT2D eigenvalue weighted by Gasteiger charge is 2.29. The monoisotopic (exact) mass is 392 g/mol. The third kappa shape index (κ3) is 6.29. The van der Waals surface area contributed by atoms with Crippen LogP contribution in [0.1, 0.15) is 21.5 Å². The lowest BCUT2D eigenvalue weighted by Crippen LogP contribution is -2.42. The first-order valence-electron chi connectivity index (χ1n) is 8.72. The largest absolute Gasteiger partial charge is 0.416 e. The van der Waals surface area contributed by atoms with Gasteiger partial charge >= 0.3 is 6.18 Å². The highest BCUT2D eigenvalue weighted by molar-refractivity contribution is 5.94. The predicted molar refractivity (Wildman–Crippen MR) is 103 cm³/mol. The van der Waals surface area contributed by atoms with Crippen molar-refractivity contribution in [2.24, 2.45) is 4.99 Å². The van der Waals surface area contributed by atoms with Crippen LogP contribution < -0.4 is 10.6 Å². The maximum Gasteiger partial charge on any atom is 0.416 e. The smallest absolute Gasteiger partial charge is 0.354 e. The van der Waals surface area contributed by atoms with Crippen LogP contribution in [-0.4, -0.2) is 44.0 Å². The molecule has 0 heterocycles. The average molecular weight is 392 g/mol. The molecule has 0 bridgehead atoms. The number of alkyl halides is 3. The molecule has 0 atom stereocenters. The van der Waals surface area contributed by atoms with E-state index in [2.05, 4.69) is 15.6 Å². The predicted octanol–water partition coefficient (Wildman–Crippen LogP) is 3.14. The van der Waals surface area contributed by atoms with E-state index in [4.69, 9.17) is 0 Å². The number of hydrogen-bond donors (Lipinski definition) is 2. The van der Waals surface area contributed by atoms with Crippen LogP contribution in [-0.2, 0) is 12.7 Å². The molecule has 2 rings (SSSR count). The van der Waals surface area contributed by atoms with Gasteiger partial charge in [-0.05, 0) is 29.8 Å². The van der Waals surface area contributed by atoms with Crippen molar-refractivity contribution in [2.45, 2.75) is 12.7 Å². The quantitative estimate of drug-likeness (QED) is 0.451. The van der Waals surface area contributed by atoms with E-state index < -0.39 is 11.7 Å². The first-order valence-corrected chi connectivity index (χ1v) is 8.72. The summed E-state index contributed by atoms with van der Waals surface area (Å²) in [5.41, 5.74) is 0.651. The summed E-state index contributed by atoms with van der Waals surface area (Å²) in [4.78, 5) is 17.9. The number of nitrogens with one attached hydrogen (secondary N) is 2. The lowest BCUT2D eigenvalue weighted by atomic mass is 10.1. The molecule has 0 spiro atoms. The van der Waals surface area contributed by atoms with Crippen molar-refractivity contribution >= 4 is 11.9 Å². The Balaban J connectivity index is 1.80.